The highest BCUT2D eigenvalue weighted by molar-refractivity contribution is 5.86. The predicted molar refractivity (Wildman–Crippen MR) is 96.6 cm³/mol. The lowest BCUT2D eigenvalue weighted by atomic mass is 9.79. The maximum Gasteiger partial charge on any atom is 0.322 e. The molecule has 1 aromatic rings. The first kappa shape index (κ1) is 20.2. The van der Waals surface area contributed by atoms with Crippen molar-refractivity contribution in [3.8, 4) is 11.8 Å². The number of hydrogen-bond acceptors (Lipinski definition) is 3. The Hall–Kier alpha value is -2.81. The van der Waals surface area contributed by atoms with Crippen LogP contribution in [-0.4, -0.2) is 24.4 Å². The van der Waals surface area contributed by atoms with Gasteiger partial charge >= 0.3 is 6.03 Å². The van der Waals surface area contributed by atoms with Crippen molar-refractivity contribution in [3.05, 3.63) is 35.4 Å². The van der Waals surface area contributed by atoms with Gasteiger partial charge in [0.25, 0.3) is 0 Å². The van der Waals surface area contributed by atoms with Gasteiger partial charge in [-0.05, 0) is 37.5 Å². The summed E-state index contributed by atoms with van der Waals surface area (Å²) in [5.74, 6) is 5.64. The average Bonchev–Trinajstić information content (AvgIpc) is 2.59. The van der Waals surface area contributed by atoms with Gasteiger partial charge in [0.1, 0.15) is 0 Å². The highest BCUT2D eigenvalue weighted by Gasteiger charge is 2.30. The van der Waals surface area contributed by atoms with Crippen LogP contribution in [0, 0.1) is 11.8 Å². The molecular weight excluding hydrogens is 318 g/mol. The predicted octanol–water partition coefficient (Wildman–Crippen LogP) is 1.82. The number of carbonyl (C=O) groups is 3. The highest BCUT2D eigenvalue weighted by atomic mass is 16.2. The van der Waals surface area contributed by atoms with E-state index in [-0.39, 0.29) is 11.9 Å². The number of amides is 4. The van der Waals surface area contributed by atoms with E-state index in [0.717, 1.165) is 17.5 Å². The quantitative estimate of drug-likeness (QED) is 0.520. The zero-order chi connectivity index (χ0) is 18.9. The van der Waals surface area contributed by atoms with Gasteiger partial charge in [-0.1, -0.05) is 44.2 Å². The summed E-state index contributed by atoms with van der Waals surface area (Å²) in [7, 11) is 0. The van der Waals surface area contributed by atoms with Gasteiger partial charge in [-0.15, -0.1) is 0 Å². The molecule has 25 heavy (non-hydrogen) atoms. The summed E-state index contributed by atoms with van der Waals surface area (Å²) in [6.07, 6.45) is 2.45. The number of carbonyl (C=O) groups excluding carboxylic acids is 3. The number of imide groups is 1. The molecule has 0 fully saturated rings. The van der Waals surface area contributed by atoms with Gasteiger partial charge in [-0.2, -0.15) is 0 Å². The Morgan fingerprint density at radius 2 is 1.92 bits per heavy atom. The minimum Gasteiger partial charge on any atom is -0.369 e. The molecule has 0 bridgehead atoms. The fourth-order valence-electron chi connectivity index (χ4n) is 2.34. The number of hydrogen-bond donors (Lipinski definition) is 3. The van der Waals surface area contributed by atoms with Crippen molar-refractivity contribution in [1.29, 1.82) is 0 Å². The van der Waals surface area contributed by atoms with E-state index in [4.69, 9.17) is 5.73 Å². The van der Waals surface area contributed by atoms with Gasteiger partial charge in [-0.25, -0.2) is 4.79 Å². The lowest BCUT2D eigenvalue weighted by Crippen LogP contribution is -2.40. The number of benzene rings is 1. The SMILES string of the molecule is CCCC(C#Cc1ccc(C(C)(CC)C(N)=O)cc1)NC(=O)NC=O. The molecule has 6 heteroatoms. The van der Waals surface area contributed by atoms with Crippen LogP contribution < -0.4 is 16.4 Å². The third-order valence-electron chi connectivity index (χ3n) is 4.24. The molecule has 0 aliphatic heterocycles. The second-order valence-corrected chi connectivity index (χ2v) is 5.97. The molecule has 2 unspecified atom stereocenters. The van der Waals surface area contributed by atoms with Crippen LogP contribution in [0.5, 0.6) is 0 Å². The van der Waals surface area contributed by atoms with Crippen LogP contribution in [0.25, 0.3) is 0 Å². The van der Waals surface area contributed by atoms with E-state index >= 15 is 0 Å². The van der Waals surface area contributed by atoms with Crippen LogP contribution in [0.15, 0.2) is 24.3 Å². The van der Waals surface area contributed by atoms with Gasteiger partial charge in [-0.3, -0.25) is 14.9 Å². The maximum absolute atomic E-state index is 11.7. The molecule has 0 saturated heterocycles. The Morgan fingerprint density at radius 3 is 2.40 bits per heavy atom. The molecule has 134 valence electrons. The van der Waals surface area contributed by atoms with Crippen molar-refractivity contribution in [2.24, 2.45) is 5.73 Å². The third kappa shape index (κ3) is 5.64. The minimum atomic E-state index is -0.703. The van der Waals surface area contributed by atoms with Gasteiger partial charge in [0.15, 0.2) is 0 Å². The largest absolute Gasteiger partial charge is 0.369 e. The van der Waals surface area contributed by atoms with Crippen LogP contribution in [0.1, 0.15) is 51.2 Å². The summed E-state index contributed by atoms with van der Waals surface area (Å²) in [4.78, 5) is 33.4. The zero-order valence-corrected chi connectivity index (χ0v) is 14.9. The Bertz CT molecular complexity index is 673. The molecule has 0 aromatic heterocycles. The molecule has 4 N–H and O–H groups in total. The second kappa shape index (κ2) is 9.48. The van der Waals surface area contributed by atoms with E-state index in [1.54, 1.807) is 0 Å². The first-order chi connectivity index (χ1) is 11.9. The van der Waals surface area contributed by atoms with Crippen LogP contribution in [0.4, 0.5) is 4.79 Å². The van der Waals surface area contributed by atoms with Gasteiger partial charge in [0, 0.05) is 5.56 Å². The lowest BCUT2D eigenvalue weighted by molar-refractivity contribution is -0.123. The zero-order valence-electron chi connectivity index (χ0n) is 14.9. The smallest absolute Gasteiger partial charge is 0.322 e. The normalized spacial score (nSPS) is 13.6. The number of primary amides is 1. The second-order valence-electron chi connectivity index (χ2n) is 5.97. The van der Waals surface area contributed by atoms with E-state index in [1.165, 1.54) is 0 Å². The molecule has 6 nitrogen and oxygen atoms in total. The molecule has 1 aromatic carbocycles. The molecule has 0 aliphatic rings. The van der Waals surface area contributed by atoms with Crippen molar-refractivity contribution in [1.82, 2.24) is 10.6 Å². The Kier molecular flexibility index (Phi) is 7.67. The molecule has 4 amide bonds. The van der Waals surface area contributed by atoms with Crippen LogP contribution in [-0.2, 0) is 15.0 Å². The van der Waals surface area contributed by atoms with Crippen molar-refractivity contribution in [3.63, 3.8) is 0 Å². The average molecular weight is 343 g/mol. The minimum absolute atomic E-state index is 0.327. The molecule has 0 aliphatic carbocycles. The number of rotatable bonds is 7. The van der Waals surface area contributed by atoms with Crippen LogP contribution in [0.2, 0.25) is 0 Å². The Labute approximate surface area is 148 Å². The summed E-state index contributed by atoms with van der Waals surface area (Å²) < 4.78 is 0. The Balaban J connectivity index is 2.92. The van der Waals surface area contributed by atoms with Crippen LogP contribution in [0.3, 0.4) is 0 Å². The van der Waals surface area contributed by atoms with Crippen molar-refractivity contribution in [2.75, 3.05) is 0 Å². The first-order valence-corrected chi connectivity index (χ1v) is 8.30. The van der Waals surface area contributed by atoms with Gasteiger partial charge in [0.2, 0.25) is 12.3 Å². The van der Waals surface area contributed by atoms with E-state index in [1.807, 2.05) is 50.4 Å². The summed E-state index contributed by atoms with van der Waals surface area (Å²) >= 11 is 0. The fourth-order valence-corrected chi connectivity index (χ4v) is 2.34. The molecule has 2 atom stereocenters. The molecule has 0 heterocycles. The summed E-state index contributed by atoms with van der Waals surface area (Å²) in [6, 6.07) is 6.43. The van der Waals surface area contributed by atoms with Gasteiger partial charge < -0.3 is 11.1 Å². The molecule has 1 rings (SSSR count). The monoisotopic (exact) mass is 343 g/mol. The van der Waals surface area contributed by atoms with Crippen molar-refractivity contribution < 1.29 is 14.4 Å². The van der Waals surface area contributed by atoms with Gasteiger partial charge in [0.05, 0.1) is 11.5 Å². The van der Waals surface area contributed by atoms with E-state index < -0.39 is 11.4 Å². The fraction of sp³-hybridized carbons (Fsp3) is 0.421. The number of nitrogens with one attached hydrogen (secondary N) is 2. The summed E-state index contributed by atoms with van der Waals surface area (Å²) in [5, 5.41) is 4.66. The van der Waals surface area contributed by atoms with E-state index in [0.29, 0.717) is 19.3 Å². The first-order valence-electron chi connectivity index (χ1n) is 8.30. The Morgan fingerprint density at radius 1 is 1.28 bits per heavy atom. The summed E-state index contributed by atoms with van der Waals surface area (Å²) in [6.45, 7) is 5.73. The lowest BCUT2D eigenvalue weighted by Gasteiger charge is -2.24. The molecule has 0 saturated carbocycles. The number of urea groups is 1. The van der Waals surface area contributed by atoms with E-state index in [9.17, 15) is 14.4 Å². The molecule has 0 spiro atoms. The van der Waals surface area contributed by atoms with E-state index in [2.05, 4.69) is 17.2 Å². The molecular formula is C19H25N3O3. The van der Waals surface area contributed by atoms with Crippen molar-refractivity contribution in [2.45, 2.75) is 51.5 Å². The molecule has 0 radical (unpaired) electrons. The highest BCUT2D eigenvalue weighted by Crippen LogP contribution is 2.27. The number of nitrogens with two attached hydrogens (primary N) is 1. The third-order valence-corrected chi connectivity index (χ3v) is 4.24. The standard InChI is InChI=1S/C19H25N3O3/c1-4-6-16(22-18(25)21-13-23)12-9-14-7-10-15(11-8-14)19(3,5-2)17(20)24/h7-8,10-11,13,16H,4-6H2,1-3H3,(H2,20,24)(H2,21,22,23,25). The van der Waals surface area contributed by atoms with Crippen molar-refractivity contribution >= 4 is 18.3 Å². The maximum atomic E-state index is 11.7. The topological polar surface area (TPSA) is 101 Å². The van der Waals surface area contributed by atoms with Crippen LogP contribution >= 0.6 is 0 Å². The summed E-state index contributed by atoms with van der Waals surface area (Å²) in [5.41, 5.74) is 6.43.